The SMILES string of the molecule is C[C@H](NC(=O)Cc1ccc2c(c1)OCO2)c1nncn1C1CCCC1. The van der Waals surface area contributed by atoms with Crippen LogP contribution < -0.4 is 14.8 Å². The molecule has 0 radical (unpaired) electrons. The molecule has 7 heteroatoms. The minimum atomic E-state index is -0.176. The Morgan fingerprint density at radius 2 is 2.12 bits per heavy atom. The lowest BCUT2D eigenvalue weighted by atomic mass is 10.1. The maximum atomic E-state index is 12.4. The number of hydrogen-bond acceptors (Lipinski definition) is 5. The molecule has 1 aliphatic heterocycles. The quantitative estimate of drug-likeness (QED) is 0.903. The number of hydrogen-bond donors (Lipinski definition) is 1. The highest BCUT2D eigenvalue weighted by molar-refractivity contribution is 5.79. The summed E-state index contributed by atoms with van der Waals surface area (Å²) in [7, 11) is 0. The van der Waals surface area contributed by atoms with Crippen molar-refractivity contribution < 1.29 is 14.3 Å². The number of aromatic nitrogens is 3. The van der Waals surface area contributed by atoms with Crippen molar-refractivity contribution in [3.63, 3.8) is 0 Å². The van der Waals surface area contributed by atoms with Crippen LogP contribution in [0.5, 0.6) is 11.5 Å². The van der Waals surface area contributed by atoms with E-state index in [1.54, 1.807) is 6.33 Å². The van der Waals surface area contributed by atoms with Gasteiger partial charge in [-0.3, -0.25) is 4.79 Å². The number of fused-ring (bicyclic) bond motifs is 1. The predicted octanol–water partition coefficient (Wildman–Crippen LogP) is 2.54. The normalized spacial score (nSPS) is 17.6. The Bertz CT molecular complexity index is 767. The van der Waals surface area contributed by atoms with Gasteiger partial charge in [-0.1, -0.05) is 18.9 Å². The minimum Gasteiger partial charge on any atom is -0.454 e. The number of rotatable bonds is 5. The summed E-state index contributed by atoms with van der Waals surface area (Å²) in [5.41, 5.74) is 0.895. The van der Waals surface area contributed by atoms with E-state index in [4.69, 9.17) is 9.47 Å². The molecule has 1 aromatic heterocycles. The fourth-order valence-electron chi connectivity index (χ4n) is 3.62. The molecule has 1 amide bonds. The van der Waals surface area contributed by atoms with E-state index in [1.807, 2.05) is 25.1 Å². The van der Waals surface area contributed by atoms with E-state index in [1.165, 1.54) is 12.8 Å². The molecule has 2 heterocycles. The van der Waals surface area contributed by atoms with Crippen molar-refractivity contribution in [2.45, 2.75) is 51.1 Å². The summed E-state index contributed by atoms with van der Waals surface area (Å²) in [6.45, 7) is 2.19. The molecule has 0 unspecified atom stereocenters. The molecule has 1 atom stereocenters. The third kappa shape index (κ3) is 3.31. The molecule has 2 aromatic rings. The van der Waals surface area contributed by atoms with E-state index >= 15 is 0 Å². The number of nitrogens with zero attached hydrogens (tertiary/aromatic N) is 3. The van der Waals surface area contributed by atoms with Gasteiger partial charge in [-0.05, 0) is 37.5 Å². The highest BCUT2D eigenvalue weighted by Crippen LogP contribution is 2.33. The summed E-state index contributed by atoms with van der Waals surface area (Å²) >= 11 is 0. The summed E-state index contributed by atoms with van der Waals surface area (Å²) in [6.07, 6.45) is 6.87. The molecule has 2 aliphatic rings. The van der Waals surface area contributed by atoms with Gasteiger partial charge in [-0.2, -0.15) is 0 Å². The Morgan fingerprint density at radius 1 is 1.32 bits per heavy atom. The van der Waals surface area contributed by atoms with Crippen LogP contribution in [-0.2, 0) is 11.2 Å². The zero-order chi connectivity index (χ0) is 17.2. The van der Waals surface area contributed by atoms with Gasteiger partial charge in [0.25, 0.3) is 0 Å². The van der Waals surface area contributed by atoms with E-state index in [0.717, 1.165) is 30.0 Å². The topological polar surface area (TPSA) is 78.3 Å². The first-order chi connectivity index (χ1) is 12.2. The number of amides is 1. The van der Waals surface area contributed by atoms with Gasteiger partial charge in [-0.25, -0.2) is 0 Å². The number of benzene rings is 1. The third-order valence-electron chi connectivity index (χ3n) is 4.89. The monoisotopic (exact) mass is 342 g/mol. The fourth-order valence-corrected chi connectivity index (χ4v) is 3.62. The van der Waals surface area contributed by atoms with E-state index in [9.17, 15) is 4.79 Å². The van der Waals surface area contributed by atoms with Gasteiger partial charge in [0, 0.05) is 6.04 Å². The predicted molar refractivity (Wildman–Crippen MR) is 90.4 cm³/mol. The van der Waals surface area contributed by atoms with Crippen molar-refractivity contribution in [1.29, 1.82) is 0 Å². The van der Waals surface area contributed by atoms with Gasteiger partial charge in [-0.15, -0.1) is 10.2 Å². The fraction of sp³-hybridized carbons (Fsp3) is 0.500. The molecule has 0 bridgehead atoms. The lowest BCUT2D eigenvalue weighted by Gasteiger charge is -2.18. The van der Waals surface area contributed by atoms with Crippen molar-refractivity contribution >= 4 is 5.91 Å². The lowest BCUT2D eigenvalue weighted by Crippen LogP contribution is -2.30. The number of nitrogens with one attached hydrogen (secondary N) is 1. The lowest BCUT2D eigenvalue weighted by molar-refractivity contribution is -0.121. The second-order valence-electron chi connectivity index (χ2n) is 6.69. The van der Waals surface area contributed by atoms with Crippen molar-refractivity contribution in [1.82, 2.24) is 20.1 Å². The molecule has 7 nitrogen and oxygen atoms in total. The average molecular weight is 342 g/mol. The van der Waals surface area contributed by atoms with Crippen LogP contribution in [0, 0.1) is 0 Å². The molecule has 1 fully saturated rings. The first-order valence-electron chi connectivity index (χ1n) is 8.78. The van der Waals surface area contributed by atoms with Gasteiger partial charge in [0.15, 0.2) is 17.3 Å². The molecule has 1 aliphatic carbocycles. The Balaban J connectivity index is 1.40. The number of carbonyl (C=O) groups is 1. The Hall–Kier alpha value is -2.57. The zero-order valence-corrected chi connectivity index (χ0v) is 14.3. The summed E-state index contributed by atoms with van der Waals surface area (Å²) in [5, 5.41) is 11.3. The van der Waals surface area contributed by atoms with E-state index < -0.39 is 0 Å². The van der Waals surface area contributed by atoms with Gasteiger partial charge in [0.1, 0.15) is 6.33 Å². The first-order valence-corrected chi connectivity index (χ1v) is 8.78. The van der Waals surface area contributed by atoms with Gasteiger partial charge in [0.05, 0.1) is 12.5 Å². The summed E-state index contributed by atoms with van der Waals surface area (Å²) in [6, 6.07) is 5.86. The molecule has 4 rings (SSSR count). The number of ether oxygens (including phenoxy) is 2. The Labute approximate surface area is 146 Å². The average Bonchev–Trinajstić information content (AvgIpc) is 3.34. The van der Waals surface area contributed by atoms with E-state index in [-0.39, 0.29) is 18.7 Å². The molecular formula is C18H22N4O3. The van der Waals surface area contributed by atoms with Gasteiger partial charge in [0.2, 0.25) is 12.7 Å². The van der Waals surface area contributed by atoms with Crippen molar-refractivity contribution in [3.8, 4) is 11.5 Å². The minimum absolute atomic E-state index is 0.0488. The largest absolute Gasteiger partial charge is 0.454 e. The third-order valence-corrected chi connectivity index (χ3v) is 4.89. The molecule has 1 saturated carbocycles. The van der Waals surface area contributed by atoms with Crippen molar-refractivity contribution in [2.75, 3.05) is 6.79 Å². The van der Waals surface area contributed by atoms with Crippen LogP contribution in [0.4, 0.5) is 0 Å². The van der Waals surface area contributed by atoms with Crippen LogP contribution in [0.25, 0.3) is 0 Å². The number of carbonyl (C=O) groups excluding carboxylic acids is 1. The molecule has 0 saturated heterocycles. The van der Waals surface area contributed by atoms with Crippen molar-refractivity contribution in [3.05, 3.63) is 35.9 Å². The summed E-state index contributed by atoms with van der Waals surface area (Å²) < 4.78 is 12.8. The molecule has 25 heavy (non-hydrogen) atoms. The van der Waals surface area contributed by atoms with Crippen LogP contribution in [0.3, 0.4) is 0 Å². The van der Waals surface area contributed by atoms with Crippen LogP contribution in [-0.4, -0.2) is 27.5 Å². The van der Waals surface area contributed by atoms with Crippen molar-refractivity contribution in [2.24, 2.45) is 0 Å². The standard InChI is InChI=1S/C18H22N4O3/c1-12(18-21-19-10-22(18)14-4-2-3-5-14)20-17(23)9-13-6-7-15-16(8-13)25-11-24-15/h6-8,10,12,14H,2-5,9,11H2,1H3,(H,20,23)/t12-/m0/s1. The molecule has 1 N–H and O–H groups in total. The van der Waals surface area contributed by atoms with Crippen LogP contribution in [0.1, 0.15) is 56.1 Å². The van der Waals surface area contributed by atoms with Crippen LogP contribution in [0.2, 0.25) is 0 Å². The molecule has 1 aromatic carbocycles. The van der Waals surface area contributed by atoms with Gasteiger partial charge >= 0.3 is 0 Å². The maximum Gasteiger partial charge on any atom is 0.231 e. The molecule has 0 spiro atoms. The van der Waals surface area contributed by atoms with Crippen LogP contribution >= 0.6 is 0 Å². The highest BCUT2D eigenvalue weighted by atomic mass is 16.7. The molecular weight excluding hydrogens is 320 g/mol. The molecule has 132 valence electrons. The van der Waals surface area contributed by atoms with E-state index in [0.29, 0.717) is 18.2 Å². The summed E-state index contributed by atoms with van der Waals surface area (Å²) in [4.78, 5) is 12.4. The highest BCUT2D eigenvalue weighted by Gasteiger charge is 2.23. The zero-order valence-electron chi connectivity index (χ0n) is 14.3. The maximum absolute atomic E-state index is 12.4. The second kappa shape index (κ2) is 6.74. The summed E-state index contributed by atoms with van der Waals surface area (Å²) in [5.74, 6) is 2.19. The van der Waals surface area contributed by atoms with E-state index in [2.05, 4.69) is 20.1 Å². The van der Waals surface area contributed by atoms with Gasteiger partial charge < -0.3 is 19.4 Å². The Morgan fingerprint density at radius 3 is 2.96 bits per heavy atom. The Kier molecular flexibility index (Phi) is 4.29. The first kappa shape index (κ1) is 15.9. The smallest absolute Gasteiger partial charge is 0.231 e. The second-order valence-corrected chi connectivity index (χ2v) is 6.69. The van der Waals surface area contributed by atoms with Crippen LogP contribution in [0.15, 0.2) is 24.5 Å².